The molecular formula is C14H12Br3NO2. The molecule has 0 bridgehead atoms. The van der Waals surface area contributed by atoms with Gasteiger partial charge in [0.2, 0.25) is 5.91 Å². The molecule has 6 heteroatoms. The van der Waals surface area contributed by atoms with Crippen molar-refractivity contribution in [3.05, 3.63) is 48.0 Å². The zero-order chi connectivity index (χ0) is 14.8. The van der Waals surface area contributed by atoms with Crippen LogP contribution in [0.5, 0.6) is 0 Å². The van der Waals surface area contributed by atoms with Crippen LogP contribution in [0.4, 0.5) is 0 Å². The highest BCUT2D eigenvalue weighted by molar-refractivity contribution is 9.39. The monoisotopic (exact) mass is 463 g/mol. The van der Waals surface area contributed by atoms with Crippen LogP contribution < -0.4 is 5.32 Å². The largest absolute Gasteiger partial charge is 0.370 e. The molecule has 0 aromatic heterocycles. The minimum atomic E-state index is -1.09. The van der Waals surface area contributed by atoms with E-state index in [1.807, 2.05) is 42.5 Å². The zero-order valence-electron chi connectivity index (χ0n) is 10.3. The molecule has 106 valence electrons. The lowest BCUT2D eigenvalue weighted by atomic mass is 10.0. The predicted octanol–water partition coefficient (Wildman–Crippen LogP) is 3.66. The molecule has 0 aliphatic heterocycles. The van der Waals surface area contributed by atoms with Gasteiger partial charge in [-0.2, -0.15) is 0 Å². The summed E-state index contributed by atoms with van der Waals surface area (Å²) >= 11 is 9.50. The van der Waals surface area contributed by atoms with Crippen molar-refractivity contribution in [2.45, 2.75) is 14.8 Å². The van der Waals surface area contributed by atoms with Crippen LogP contribution in [0.3, 0.4) is 0 Å². The van der Waals surface area contributed by atoms with E-state index in [0.29, 0.717) is 0 Å². The Morgan fingerprint density at radius 1 is 1.15 bits per heavy atom. The zero-order valence-corrected chi connectivity index (χ0v) is 15.1. The molecule has 0 saturated carbocycles. The third kappa shape index (κ3) is 4.04. The van der Waals surface area contributed by atoms with Gasteiger partial charge in [-0.15, -0.1) is 0 Å². The molecule has 2 rings (SSSR count). The molecule has 1 atom stereocenters. The summed E-state index contributed by atoms with van der Waals surface area (Å²) in [6.45, 7) is 0. The number of hydrogen-bond donors (Lipinski definition) is 2. The van der Waals surface area contributed by atoms with Gasteiger partial charge in [-0.3, -0.25) is 4.79 Å². The van der Waals surface area contributed by atoms with Crippen LogP contribution in [-0.4, -0.2) is 19.4 Å². The van der Waals surface area contributed by atoms with E-state index in [0.717, 1.165) is 16.3 Å². The van der Waals surface area contributed by atoms with E-state index in [1.54, 1.807) is 0 Å². The summed E-state index contributed by atoms with van der Waals surface area (Å²) in [5.41, 5.74) is 0.928. The summed E-state index contributed by atoms with van der Waals surface area (Å²) in [6, 6.07) is 13.7. The van der Waals surface area contributed by atoms with Crippen molar-refractivity contribution in [2.75, 3.05) is 0 Å². The number of alkyl halides is 3. The van der Waals surface area contributed by atoms with Crippen molar-refractivity contribution < 1.29 is 9.90 Å². The number of fused-ring (bicyclic) bond motifs is 1. The maximum Gasteiger partial charge on any atom is 0.226 e. The maximum absolute atomic E-state index is 12.0. The molecule has 0 radical (unpaired) electrons. The van der Waals surface area contributed by atoms with Crippen LogP contribution in [0.15, 0.2) is 42.5 Å². The van der Waals surface area contributed by atoms with Crippen LogP contribution in [-0.2, 0) is 11.2 Å². The number of benzene rings is 2. The third-order valence-electron chi connectivity index (χ3n) is 2.84. The van der Waals surface area contributed by atoms with Gasteiger partial charge in [0, 0.05) is 0 Å². The van der Waals surface area contributed by atoms with E-state index in [4.69, 9.17) is 0 Å². The maximum atomic E-state index is 12.0. The van der Waals surface area contributed by atoms with Crippen molar-refractivity contribution in [1.29, 1.82) is 0 Å². The highest BCUT2D eigenvalue weighted by Crippen LogP contribution is 2.36. The van der Waals surface area contributed by atoms with E-state index in [1.165, 1.54) is 0 Å². The lowest BCUT2D eigenvalue weighted by Gasteiger charge is -2.21. The van der Waals surface area contributed by atoms with E-state index in [2.05, 4.69) is 53.1 Å². The molecule has 0 spiro atoms. The van der Waals surface area contributed by atoms with Gasteiger partial charge < -0.3 is 10.4 Å². The second-order valence-corrected chi connectivity index (χ2v) is 11.3. The van der Waals surface area contributed by atoms with Gasteiger partial charge in [-0.25, -0.2) is 0 Å². The number of halogens is 3. The van der Waals surface area contributed by atoms with Crippen molar-refractivity contribution in [3.63, 3.8) is 0 Å². The number of amides is 1. The lowest BCUT2D eigenvalue weighted by molar-refractivity contribution is -0.123. The van der Waals surface area contributed by atoms with Crippen LogP contribution >= 0.6 is 47.8 Å². The Hall–Kier alpha value is -0.430. The minimum Gasteiger partial charge on any atom is -0.370 e. The van der Waals surface area contributed by atoms with Gasteiger partial charge >= 0.3 is 0 Å². The molecule has 0 aliphatic rings. The minimum absolute atomic E-state index is 0.210. The number of hydrogen-bond acceptors (Lipinski definition) is 2. The van der Waals surface area contributed by atoms with E-state index in [-0.39, 0.29) is 12.3 Å². The molecule has 1 amide bonds. The first-order chi connectivity index (χ1) is 9.38. The summed E-state index contributed by atoms with van der Waals surface area (Å²) < 4.78 is -0.929. The molecule has 3 nitrogen and oxygen atoms in total. The summed E-state index contributed by atoms with van der Waals surface area (Å²) in [7, 11) is 0. The van der Waals surface area contributed by atoms with Gasteiger partial charge in [-0.05, 0) is 16.3 Å². The van der Waals surface area contributed by atoms with Gasteiger partial charge in [-0.1, -0.05) is 90.3 Å². The fourth-order valence-corrected chi connectivity index (χ4v) is 2.25. The topological polar surface area (TPSA) is 49.3 Å². The summed E-state index contributed by atoms with van der Waals surface area (Å²) in [6.07, 6.45) is -0.883. The first kappa shape index (κ1) is 15.9. The highest BCUT2D eigenvalue weighted by atomic mass is 80.0. The number of aliphatic hydroxyl groups is 1. The number of carbonyl (C=O) groups is 1. The summed E-state index contributed by atoms with van der Waals surface area (Å²) in [4.78, 5) is 12.0. The highest BCUT2D eigenvalue weighted by Gasteiger charge is 2.30. The molecule has 2 aromatic rings. The second-order valence-electron chi connectivity index (χ2n) is 4.33. The molecular weight excluding hydrogens is 454 g/mol. The Labute approximate surface area is 142 Å². The quantitative estimate of drug-likeness (QED) is 0.537. The molecule has 0 unspecified atom stereocenters. The van der Waals surface area contributed by atoms with E-state index >= 15 is 0 Å². The Morgan fingerprint density at radius 3 is 2.50 bits per heavy atom. The second kappa shape index (κ2) is 6.56. The van der Waals surface area contributed by atoms with Gasteiger partial charge in [0.05, 0.1) is 6.42 Å². The molecule has 0 heterocycles. The Morgan fingerprint density at radius 2 is 1.80 bits per heavy atom. The predicted molar refractivity (Wildman–Crippen MR) is 91.3 cm³/mol. The number of aliphatic hydroxyl groups excluding tert-OH is 1. The lowest BCUT2D eigenvalue weighted by Crippen LogP contribution is -2.43. The van der Waals surface area contributed by atoms with Gasteiger partial charge in [0.1, 0.15) is 0 Å². The standard InChI is InChI=1S/C14H12Br3NO2/c15-14(16,17)13(20)18-12(19)8-10-6-3-5-9-4-1-2-7-11(9)10/h1-7,13,20H,8H2,(H,18,19)/t13-/m1/s1. The molecule has 20 heavy (non-hydrogen) atoms. The Bertz CT molecular complexity index is 620. The van der Waals surface area contributed by atoms with Crippen molar-refractivity contribution in [1.82, 2.24) is 5.32 Å². The average Bonchev–Trinajstić information content (AvgIpc) is 2.38. The molecule has 2 aromatic carbocycles. The van der Waals surface area contributed by atoms with E-state index < -0.39 is 8.37 Å². The Balaban J connectivity index is 2.15. The average molecular weight is 466 g/mol. The molecule has 0 fully saturated rings. The van der Waals surface area contributed by atoms with Gasteiger partial charge in [0.25, 0.3) is 0 Å². The fourth-order valence-electron chi connectivity index (χ4n) is 1.90. The number of rotatable bonds is 3. The summed E-state index contributed by atoms with van der Waals surface area (Å²) in [5, 5.41) is 14.4. The van der Waals surface area contributed by atoms with E-state index in [9.17, 15) is 9.90 Å². The molecule has 0 saturated heterocycles. The summed E-state index contributed by atoms with van der Waals surface area (Å²) in [5.74, 6) is -0.253. The van der Waals surface area contributed by atoms with Crippen LogP contribution in [0.2, 0.25) is 0 Å². The van der Waals surface area contributed by atoms with Crippen molar-refractivity contribution in [3.8, 4) is 0 Å². The van der Waals surface area contributed by atoms with Gasteiger partial charge in [0.15, 0.2) is 8.37 Å². The van der Waals surface area contributed by atoms with Crippen LogP contribution in [0, 0.1) is 0 Å². The number of carbonyl (C=O) groups excluding carboxylic acids is 1. The SMILES string of the molecule is O=C(Cc1cccc2ccccc12)N[C@H](O)C(Br)(Br)Br. The molecule has 2 N–H and O–H groups in total. The smallest absolute Gasteiger partial charge is 0.226 e. The van der Waals surface area contributed by atoms with Crippen LogP contribution in [0.1, 0.15) is 5.56 Å². The van der Waals surface area contributed by atoms with Crippen LogP contribution in [0.25, 0.3) is 10.8 Å². The Kier molecular flexibility index (Phi) is 5.23. The third-order valence-corrected chi connectivity index (χ3v) is 4.14. The number of nitrogens with one attached hydrogen (secondary N) is 1. The first-order valence-corrected chi connectivity index (χ1v) is 8.26. The first-order valence-electron chi connectivity index (χ1n) is 5.89. The van der Waals surface area contributed by atoms with Crippen molar-refractivity contribution in [2.24, 2.45) is 0 Å². The normalized spacial score (nSPS) is 13.2. The fraction of sp³-hybridized carbons (Fsp3) is 0.214. The van der Waals surface area contributed by atoms with Crippen molar-refractivity contribution >= 4 is 64.5 Å². The molecule has 0 aliphatic carbocycles.